The number of carbonyl (C=O) groups excluding carboxylic acids is 1. The van der Waals surface area contributed by atoms with Crippen LogP contribution in [0.5, 0.6) is 5.75 Å². The maximum Gasteiger partial charge on any atom is 0.260 e. The topological polar surface area (TPSA) is 72.3 Å². The predicted octanol–water partition coefficient (Wildman–Crippen LogP) is 2.38. The van der Waals surface area contributed by atoms with E-state index < -0.39 is 5.82 Å². The molecule has 0 atom stereocenters. The number of carbonyl (C=O) groups is 1. The lowest BCUT2D eigenvalue weighted by molar-refractivity contribution is -0.134. The first-order valence-corrected chi connectivity index (χ1v) is 9.48. The van der Waals surface area contributed by atoms with Crippen molar-refractivity contribution in [3.05, 3.63) is 40.7 Å². The zero-order valence-electron chi connectivity index (χ0n) is 15.2. The zero-order valence-corrected chi connectivity index (χ0v) is 16.8. The summed E-state index contributed by atoms with van der Waals surface area (Å²) in [6.07, 6.45) is 1.72. The van der Waals surface area contributed by atoms with E-state index in [1.165, 1.54) is 18.2 Å². The molecule has 4 rings (SSSR count). The molecule has 2 aromatic rings. The van der Waals surface area contributed by atoms with Gasteiger partial charge in [0.2, 0.25) is 0 Å². The van der Waals surface area contributed by atoms with Crippen LogP contribution >= 0.6 is 24.0 Å². The van der Waals surface area contributed by atoms with Crippen molar-refractivity contribution in [2.45, 2.75) is 31.8 Å². The number of likely N-dealkylation sites (tertiary alicyclic amines) is 1. The third kappa shape index (κ3) is 4.39. The van der Waals surface area contributed by atoms with Crippen molar-refractivity contribution < 1.29 is 13.9 Å². The molecule has 1 aromatic carbocycles. The number of fused-ring (bicyclic) bond motifs is 1. The molecule has 10 heteroatoms. The van der Waals surface area contributed by atoms with Gasteiger partial charge in [-0.3, -0.25) is 4.79 Å². The molecular weight excluding hydrogens is 408 g/mol. The Hall–Kier alpha value is -1.90. The number of halogens is 3. The molecule has 0 radical (unpaired) electrons. The minimum Gasteiger partial charge on any atom is -0.484 e. The maximum absolute atomic E-state index is 13.2. The number of nitrogens with zero attached hydrogens (tertiary/aromatic N) is 4. The van der Waals surface area contributed by atoms with Crippen molar-refractivity contribution in [3.63, 3.8) is 0 Å². The van der Waals surface area contributed by atoms with Crippen LogP contribution in [0.4, 0.5) is 4.39 Å². The lowest BCUT2D eigenvalue weighted by atomic mass is 9.95. The number of rotatable bonds is 4. The molecule has 1 amide bonds. The first-order chi connectivity index (χ1) is 13.1. The number of piperidine rings is 1. The minimum atomic E-state index is -0.510. The number of amides is 1. The Labute approximate surface area is 173 Å². The number of ether oxygens (including phenoxy) is 1. The Balaban J connectivity index is 0.00000225. The summed E-state index contributed by atoms with van der Waals surface area (Å²) >= 11 is 5.73. The van der Waals surface area contributed by atoms with Crippen LogP contribution in [0.25, 0.3) is 0 Å². The second-order valence-corrected chi connectivity index (χ2v) is 7.23. The summed E-state index contributed by atoms with van der Waals surface area (Å²) in [4.78, 5) is 14.2. The van der Waals surface area contributed by atoms with Crippen molar-refractivity contribution in [1.82, 2.24) is 25.0 Å². The number of nitrogens with one attached hydrogen (secondary N) is 1. The Morgan fingerprint density at radius 1 is 1.29 bits per heavy atom. The van der Waals surface area contributed by atoms with Gasteiger partial charge in [-0.25, -0.2) is 4.39 Å². The summed E-state index contributed by atoms with van der Waals surface area (Å²) in [6.45, 7) is 3.83. The Kier molecular flexibility index (Phi) is 6.74. The molecule has 28 heavy (non-hydrogen) atoms. The van der Waals surface area contributed by atoms with Crippen LogP contribution in [0, 0.1) is 5.82 Å². The largest absolute Gasteiger partial charge is 0.484 e. The van der Waals surface area contributed by atoms with E-state index >= 15 is 0 Å². The van der Waals surface area contributed by atoms with Crippen LogP contribution in [0.1, 0.15) is 30.4 Å². The number of hydrogen-bond donors (Lipinski definition) is 1. The summed E-state index contributed by atoms with van der Waals surface area (Å²) in [5, 5.41) is 11.9. The van der Waals surface area contributed by atoms with Gasteiger partial charge in [-0.15, -0.1) is 22.6 Å². The van der Waals surface area contributed by atoms with Gasteiger partial charge in [-0.1, -0.05) is 11.6 Å². The highest BCUT2D eigenvalue weighted by molar-refractivity contribution is 6.30. The molecule has 1 aromatic heterocycles. The summed E-state index contributed by atoms with van der Waals surface area (Å²) in [7, 11) is 0. The highest BCUT2D eigenvalue weighted by Crippen LogP contribution is 2.28. The normalized spacial score (nSPS) is 17.0. The third-order valence-corrected chi connectivity index (χ3v) is 5.41. The SMILES string of the molecule is Cl.O=C(COc1ccc(F)c(Cl)c1)N1CCC(c2nnc3n2CCNC3)CC1. The second-order valence-electron chi connectivity index (χ2n) is 6.82. The Bertz CT molecular complexity index is 839. The molecule has 2 aliphatic heterocycles. The molecule has 0 aliphatic carbocycles. The van der Waals surface area contributed by atoms with Gasteiger partial charge in [-0.2, -0.15) is 0 Å². The van der Waals surface area contributed by atoms with Gasteiger partial charge in [0.15, 0.2) is 6.61 Å². The molecule has 1 fully saturated rings. The van der Waals surface area contributed by atoms with Gasteiger partial charge in [0, 0.05) is 38.2 Å². The molecule has 0 unspecified atom stereocenters. The van der Waals surface area contributed by atoms with Crippen LogP contribution in [0.3, 0.4) is 0 Å². The fraction of sp³-hybridized carbons (Fsp3) is 0.500. The molecule has 0 bridgehead atoms. The van der Waals surface area contributed by atoms with Crippen LogP contribution in [0.15, 0.2) is 18.2 Å². The van der Waals surface area contributed by atoms with Gasteiger partial charge >= 0.3 is 0 Å². The molecule has 7 nitrogen and oxygen atoms in total. The summed E-state index contributed by atoms with van der Waals surface area (Å²) < 4.78 is 20.8. The van der Waals surface area contributed by atoms with E-state index in [0.717, 1.165) is 44.1 Å². The quantitative estimate of drug-likeness (QED) is 0.807. The van der Waals surface area contributed by atoms with Crippen molar-refractivity contribution in [2.24, 2.45) is 0 Å². The molecular formula is C18H22Cl2FN5O2. The van der Waals surface area contributed by atoms with Crippen molar-refractivity contribution >= 4 is 29.9 Å². The highest BCUT2D eigenvalue weighted by Gasteiger charge is 2.28. The number of hydrogen-bond acceptors (Lipinski definition) is 5. The Morgan fingerprint density at radius 2 is 2.07 bits per heavy atom. The first-order valence-electron chi connectivity index (χ1n) is 9.10. The molecule has 3 heterocycles. The van der Waals surface area contributed by atoms with E-state index in [2.05, 4.69) is 20.1 Å². The zero-order chi connectivity index (χ0) is 18.8. The van der Waals surface area contributed by atoms with E-state index in [9.17, 15) is 9.18 Å². The maximum atomic E-state index is 13.2. The summed E-state index contributed by atoms with van der Waals surface area (Å²) in [5.74, 6) is 2.14. The first kappa shape index (κ1) is 20.8. The van der Waals surface area contributed by atoms with E-state index in [4.69, 9.17) is 16.3 Å². The number of aromatic nitrogens is 3. The summed E-state index contributed by atoms with van der Waals surface area (Å²) in [6, 6.07) is 4.06. The van der Waals surface area contributed by atoms with Crippen LogP contribution in [0.2, 0.25) is 5.02 Å². The second kappa shape index (κ2) is 9.07. The minimum absolute atomic E-state index is 0. The standard InChI is InChI=1S/C18H21ClFN5O2.ClH/c19-14-9-13(1-2-15(14)20)27-11-17(26)24-6-3-12(4-7-24)18-23-22-16-10-21-5-8-25(16)18;/h1-2,9,12,21H,3-8,10-11H2;1H. The van der Waals surface area contributed by atoms with Crippen molar-refractivity contribution in [3.8, 4) is 5.75 Å². The van der Waals surface area contributed by atoms with E-state index in [1.807, 2.05) is 0 Å². The van der Waals surface area contributed by atoms with Crippen LogP contribution in [-0.4, -0.2) is 51.8 Å². The number of benzene rings is 1. The molecule has 1 saturated heterocycles. The van der Waals surface area contributed by atoms with E-state index in [1.54, 1.807) is 4.90 Å². The lowest BCUT2D eigenvalue weighted by Gasteiger charge is -2.32. The molecule has 2 aliphatic rings. The van der Waals surface area contributed by atoms with Gasteiger partial charge in [0.05, 0.1) is 11.6 Å². The average Bonchev–Trinajstić information content (AvgIpc) is 3.13. The highest BCUT2D eigenvalue weighted by atomic mass is 35.5. The summed E-state index contributed by atoms with van der Waals surface area (Å²) in [5.41, 5.74) is 0. The fourth-order valence-electron chi connectivity index (χ4n) is 3.61. The molecule has 0 spiro atoms. The van der Waals surface area contributed by atoms with Gasteiger partial charge in [-0.05, 0) is 25.0 Å². The Morgan fingerprint density at radius 3 is 2.82 bits per heavy atom. The average molecular weight is 430 g/mol. The van der Waals surface area contributed by atoms with Gasteiger partial charge in [0.1, 0.15) is 23.2 Å². The van der Waals surface area contributed by atoms with Gasteiger partial charge < -0.3 is 19.5 Å². The molecule has 152 valence electrons. The monoisotopic (exact) mass is 429 g/mol. The van der Waals surface area contributed by atoms with Gasteiger partial charge in [0.25, 0.3) is 5.91 Å². The molecule has 1 N–H and O–H groups in total. The van der Waals surface area contributed by atoms with Crippen LogP contribution < -0.4 is 10.1 Å². The van der Waals surface area contributed by atoms with Crippen molar-refractivity contribution in [1.29, 1.82) is 0 Å². The smallest absolute Gasteiger partial charge is 0.260 e. The lowest BCUT2D eigenvalue weighted by Crippen LogP contribution is -2.41. The van der Waals surface area contributed by atoms with E-state index in [0.29, 0.717) is 24.8 Å². The fourth-order valence-corrected chi connectivity index (χ4v) is 3.78. The third-order valence-electron chi connectivity index (χ3n) is 5.12. The molecule has 0 saturated carbocycles. The van der Waals surface area contributed by atoms with Crippen molar-refractivity contribution in [2.75, 3.05) is 26.2 Å². The predicted molar refractivity (Wildman–Crippen MR) is 104 cm³/mol. The van der Waals surface area contributed by atoms with Crippen LogP contribution in [-0.2, 0) is 17.9 Å². The van der Waals surface area contributed by atoms with E-state index in [-0.39, 0.29) is 29.9 Å².